The molecule has 6 nitrogen and oxygen atoms in total. The van der Waals surface area contributed by atoms with E-state index in [-0.39, 0.29) is 5.75 Å². The molecule has 0 aliphatic carbocycles. The van der Waals surface area contributed by atoms with Gasteiger partial charge in [0.25, 0.3) is 0 Å². The lowest BCUT2D eigenvalue weighted by Gasteiger charge is -2.09. The zero-order valence-electron chi connectivity index (χ0n) is 10.00. The number of nitrogens with one attached hydrogen (secondary N) is 2. The van der Waals surface area contributed by atoms with Gasteiger partial charge in [-0.1, -0.05) is 30.3 Å². The van der Waals surface area contributed by atoms with E-state index in [0.29, 0.717) is 17.9 Å². The summed E-state index contributed by atoms with van der Waals surface area (Å²) in [5.41, 5.74) is 1.04. The Labute approximate surface area is 112 Å². The van der Waals surface area contributed by atoms with Gasteiger partial charge < -0.3 is 9.87 Å². The van der Waals surface area contributed by atoms with E-state index >= 15 is 0 Å². The molecule has 7 heteroatoms. The molecule has 2 aromatic rings. The van der Waals surface area contributed by atoms with Crippen LogP contribution < -0.4 is 11.0 Å². The van der Waals surface area contributed by atoms with Crippen molar-refractivity contribution in [1.29, 1.82) is 0 Å². The third-order valence-corrected chi connectivity index (χ3v) is 3.04. The summed E-state index contributed by atoms with van der Waals surface area (Å²) in [5.74, 6) is 0.340. The molecule has 0 saturated heterocycles. The molecule has 1 atom stereocenters. The Kier molecular flexibility index (Phi) is 4.43. The van der Waals surface area contributed by atoms with E-state index in [1.807, 2.05) is 30.3 Å². The van der Waals surface area contributed by atoms with Gasteiger partial charge in [0.1, 0.15) is 5.82 Å². The average molecular weight is 279 g/mol. The van der Waals surface area contributed by atoms with Crippen LogP contribution in [-0.2, 0) is 23.4 Å². The number of aromatic nitrogens is 2. The van der Waals surface area contributed by atoms with Crippen LogP contribution in [0.15, 0.2) is 41.3 Å². The fraction of sp³-hybridized carbons (Fsp3) is 0.167. The molecule has 1 aromatic heterocycles. The van der Waals surface area contributed by atoms with Crippen molar-refractivity contribution in [3.63, 3.8) is 0 Å². The standard InChI is InChI=1S/C12H13N3O3S/c16-12-14-7-10(8-19(17)18)11(15-12)13-6-9-4-2-1-3-5-9/h1-5,7H,6,8H2,(H,17,18)(H2,13,14,15,16). The first-order valence-electron chi connectivity index (χ1n) is 5.58. The van der Waals surface area contributed by atoms with E-state index in [0.717, 1.165) is 5.56 Å². The second-order valence-corrected chi connectivity index (χ2v) is 4.83. The molecule has 3 N–H and O–H groups in total. The van der Waals surface area contributed by atoms with Crippen molar-refractivity contribution < 1.29 is 8.76 Å². The van der Waals surface area contributed by atoms with Gasteiger partial charge in [0, 0.05) is 18.3 Å². The number of benzene rings is 1. The van der Waals surface area contributed by atoms with Crippen molar-refractivity contribution >= 4 is 16.9 Å². The van der Waals surface area contributed by atoms with Crippen molar-refractivity contribution in [3.8, 4) is 0 Å². The van der Waals surface area contributed by atoms with E-state index in [9.17, 15) is 9.00 Å². The van der Waals surface area contributed by atoms with Crippen molar-refractivity contribution in [2.45, 2.75) is 12.3 Å². The third-order valence-electron chi connectivity index (χ3n) is 2.48. The topological polar surface area (TPSA) is 95.1 Å². The molecule has 0 saturated carbocycles. The summed E-state index contributed by atoms with van der Waals surface area (Å²) in [4.78, 5) is 17.3. The molecule has 0 amide bonds. The first kappa shape index (κ1) is 13.4. The number of hydrogen-bond donors (Lipinski definition) is 3. The highest BCUT2D eigenvalue weighted by Gasteiger charge is 2.07. The third kappa shape index (κ3) is 4.01. The molecule has 1 heterocycles. The summed E-state index contributed by atoms with van der Waals surface area (Å²) >= 11 is -1.98. The normalized spacial score (nSPS) is 12.1. The largest absolute Gasteiger partial charge is 0.367 e. The van der Waals surface area contributed by atoms with Gasteiger partial charge in [0.2, 0.25) is 0 Å². The van der Waals surface area contributed by atoms with Crippen LogP contribution in [0.5, 0.6) is 0 Å². The lowest BCUT2D eigenvalue weighted by molar-refractivity contribution is 0.563. The van der Waals surface area contributed by atoms with Gasteiger partial charge in [-0.2, -0.15) is 0 Å². The lowest BCUT2D eigenvalue weighted by Crippen LogP contribution is -2.16. The molecule has 1 aromatic carbocycles. The molecule has 0 radical (unpaired) electrons. The highest BCUT2D eigenvalue weighted by molar-refractivity contribution is 7.78. The van der Waals surface area contributed by atoms with Crippen molar-refractivity contribution in [2.75, 3.05) is 5.32 Å². The smallest absolute Gasteiger partial charge is 0.346 e. The predicted molar refractivity (Wildman–Crippen MR) is 73.1 cm³/mol. The maximum Gasteiger partial charge on any atom is 0.346 e. The Balaban J connectivity index is 2.16. The van der Waals surface area contributed by atoms with Gasteiger partial charge in [-0.05, 0) is 5.56 Å². The first-order valence-corrected chi connectivity index (χ1v) is 6.86. The van der Waals surface area contributed by atoms with Gasteiger partial charge in [0.05, 0.1) is 5.75 Å². The molecule has 0 spiro atoms. The summed E-state index contributed by atoms with van der Waals surface area (Å²) in [7, 11) is 0. The van der Waals surface area contributed by atoms with E-state index < -0.39 is 16.8 Å². The van der Waals surface area contributed by atoms with Crippen LogP contribution in [0.25, 0.3) is 0 Å². The monoisotopic (exact) mass is 279 g/mol. The van der Waals surface area contributed by atoms with Gasteiger partial charge in [0.15, 0.2) is 11.1 Å². The molecule has 1 unspecified atom stereocenters. The zero-order chi connectivity index (χ0) is 13.7. The number of rotatable bonds is 5. The van der Waals surface area contributed by atoms with Crippen LogP contribution >= 0.6 is 0 Å². The fourth-order valence-corrected chi connectivity index (χ4v) is 2.09. The number of anilines is 1. The molecule has 100 valence electrons. The SMILES string of the molecule is O=c1ncc(CS(=O)O)c(NCc2ccccc2)[nH]1. The summed E-state index contributed by atoms with van der Waals surface area (Å²) in [6.07, 6.45) is 1.31. The molecule has 19 heavy (non-hydrogen) atoms. The molecule has 0 aliphatic heterocycles. The van der Waals surface area contributed by atoms with Crippen molar-refractivity contribution in [3.05, 3.63) is 58.1 Å². The minimum Gasteiger partial charge on any atom is -0.367 e. The molecule has 0 fully saturated rings. The van der Waals surface area contributed by atoms with Crippen LogP contribution in [-0.4, -0.2) is 18.7 Å². The Bertz CT molecular complexity index is 628. The molecule has 0 aliphatic rings. The quantitative estimate of drug-likeness (QED) is 0.712. The van der Waals surface area contributed by atoms with Crippen molar-refractivity contribution in [2.24, 2.45) is 0 Å². The van der Waals surface area contributed by atoms with Crippen LogP contribution in [0, 0.1) is 0 Å². The van der Waals surface area contributed by atoms with E-state index in [1.165, 1.54) is 6.20 Å². The number of nitrogens with zero attached hydrogens (tertiary/aromatic N) is 1. The Morgan fingerprint density at radius 2 is 2.05 bits per heavy atom. The highest BCUT2D eigenvalue weighted by atomic mass is 32.2. The Morgan fingerprint density at radius 3 is 2.74 bits per heavy atom. The zero-order valence-corrected chi connectivity index (χ0v) is 10.8. The number of hydrogen-bond acceptors (Lipinski definition) is 4. The maximum atomic E-state index is 11.2. The molecular weight excluding hydrogens is 266 g/mol. The van der Waals surface area contributed by atoms with Gasteiger partial charge in [-0.25, -0.2) is 14.0 Å². The first-order chi connectivity index (χ1) is 9.15. The van der Waals surface area contributed by atoms with Gasteiger partial charge >= 0.3 is 5.69 Å². The average Bonchev–Trinajstić information content (AvgIpc) is 2.40. The fourth-order valence-electron chi connectivity index (χ4n) is 1.61. The van der Waals surface area contributed by atoms with Crippen LogP contribution in [0.1, 0.15) is 11.1 Å². The van der Waals surface area contributed by atoms with Crippen LogP contribution in [0.3, 0.4) is 0 Å². The molecule has 2 rings (SSSR count). The number of aromatic amines is 1. The summed E-state index contributed by atoms with van der Waals surface area (Å²) in [6, 6.07) is 9.62. The van der Waals surface area contributed by atoms with Crippen LogP contribution in [0.4, 0.5) is 5.82 Å². The minimum absolute atomic E-state index is 0.0824. The molecule has 0 bridgehead atoms. The van der Waals surface area contributed by atoms with E-state index in [4.69, 9.17) is 4.55 Å². The summed E-state index contributed by atoms with van der Waals surface area (Å²) in [5, 5.41) is 3.03. The van der Waals surface area contributed by atoms with E-state index in [1.54, 1.807) is 0 Å². The lowest BCUT2D eigenvalue weighted by atomic mass is 10.2. The number of H-pyrrole nitrogens is 1. The highest BCUT2D eigenvalue weighted by Crippen LogP contribution is 2.12. The Hall–Kier alpha value is -1.99. The van der Waals surface area contributed by atoms with E-state index in [2.05, 4.69) is 15.3 Å². The predicted octanol–water partition coefficient (Wildman–Crippen LogP) is 1.10. The second-order valence-electron chi connectivity index (χ2n) is 3.89. The van der Waals surface area contributed by atoms with Crippen LogP contribution in [0.2, 0.25) is 0 Å². The van der Waals surface area contributed by atoms with Gasteiger partial charge in [-0.3, -0.25) is 4.98 Å². The Morgan fingerprint density at radius 1 is 1.32 bits per heavy atom. The minimum atomic E-state index is -1.98. The maximum absolute atomic E-state index is 11.2. The summed E-state index contributed by atoms with van der Waals surface area (Å²) in [6.45, 7) is 0.506. The summed E-state index contributed by atoms with van der Waals surface area (Å²) < 4.78 is 19.8. The molecular formula is C12H13N3O3S. The van der Waals surface area contributed by atoms with Gasteiger partial charge in [-0.15, -0.1) is 0 Å². The van der Waals surface area contributed by atoms with Crippen molar-refractivity contribution in [1.82, 2.24) is 9.97 Å². The second kappa shape index (κ2) is 6.26.